The molecule has 0 unspecified atom stereocenters. The molecule has 0 radical (unpaired) electrons. The first-order valence-corrected chi connectivity index (χ1v) is 10.5. The average molecular weight is 453 g/mol. The number of nitrogens with one attached hydrogen (secondary N) is 1. The highest BCUT2D eigenvalue weighted by atomic mass is 16.7. The van der Waals surface area contributed by atoms with Crippen molar-refractivity contribution in [3.05, 3.63) is 0 Å². The number of aliphatic hydroxyl groups is 7. The maximum absolute atomic E-state index is 10.8. The molecule has 2 aliphatic heterocycles. The molecule has 1 amide bonds. The van der Waals surface area contributed by atoms with Crippen molar-refractivity contribution < 1.29 is 54.8 Å². The minimum Gasteiger partial charge on any atom is -0.394 e. The molecule has 2 saturated heterocycles. The first-order valence-electron chi connectivity index (χ1n) is 10.5. The molecule has 2 aliphatic rings. The molecule has 0 aromatic carbocycles. The molecule has 12 nitrogen and oxygen atoms in total. The number of ether oxygens (including phenoxy) is 3. The van der Waals surface area contributed by atoms with Gasteiger partial charge in [0.25, 0.3) is 0 Å². The van der Waals surface area contributed by atoms with E-state index in [0.29, 0.717) is 19.4 Å². The Labute approximate surface area is 180 Å². The van der Waals surface area contributed by atoms with Gasteiger partial charge in [-0.3, -0.25) is 4.79 Å². The fraction of sp³-hybridized carbons (Fsp3) is 0.947. The molecule has 8 N–H and O–H groups in total. The van der Waals surface area contributed by atoms with Gasteiger partial charge in [-0.05, 0) is 12.8 Å². The highest BCUT2D eigenvalue weighted by molar-refractivity contribution is 5.72. The van der Waals surface area contributed by atoms with Gasteiger partial charge in [-0.15, -0.1) is 0 Å². The third-order valence-electron chi connectivity index (χ3n) is 5.64. The van der Waals surface area contributed by atoms with Crippen LogP contribution in [0.1, 0.15) is 32.6 Å². The van der Waals surface area contributed by atoms with Crippen LogP contribution in [0.15, 0.2) is 0 Å². The Morgan fingerprint density at radius 2 is 1.45 bits per heavy atom. The van der Waals surface area contributed by atoms with Gasteiger partial charge in [0.05, 0.1) is 19.3 Å². The van der Waals surface area contributed by atoms with Crippen molar-refractivity contribution in [1.82, 2.24) is 5.32 Å². The molecule has 12 heteroatoms. The monoisotopic (exact) mass is 453 g/mol. The highest BCUT2D eigenvalue weighted by Gasteiger charge is 2.50. The van der Waals surface area contributed by atoms with E-state index in [1.807, 2.05) is 0 Å². The SMILES string of the molecule is CC(=O)NCCCCC[C@@H]1O[C@H](CO)[C@@H](O[C@@H]2O[C@H](CO)[C@H](O)[C@H](O)[C@H]2O)[C@H](O)[C@H]1O. The average Bonchev–Trinajstić information content (AvgIpc) is 2.74. The molecule has 0 bridgehead atoms. The quantitative estimate of drug-likeness (QED) is 0.152. The summed E-state index contributed by atoms with van der Waals surface area (Å²) < 4.78 is 16.5. The second-order valence-corrected chi connectivity index (χ2v) is 8.01. The summed E-state index contributed by atoms with van der Waals surface area (Å²) >= 11 is 0. The van der Waals surface area contributed by atoms with E-state index in [4.69, 9.17) is 14.2 Å². The number of carbonyl (C=O) groups excluding carboxylic acids is 1. The normalized spacial score (nSPS) is 41.2. The van der Waals surface area contributed by atoms with Gasteiger partial charge in [0.2, 0.25) is 5.91 Å². The lowest BCUT2D eigenvalue weighted by Gasteiger charge is -2.46. The number of hydrogen-bond donors (Lipinski definition) is 8. The second-order valence-electron chi connectivity index (χ2n) is 8.01. The maximum atomic E-state index is 10.8. The minimum atomic E-state index is -1.69. The van der Waals surface area contributed by atoms with Crippen LogP contribution in [-0.2, 0) is 19.0 Å². The van der Waals surface area contributed by atoms with E-state index in [-0.39, 0.29) is 5.91 Å². The number of rotatable bonds is 10. The minimum absolute atomic E-state index is 0.106. The van der Waals surface area contributed by atoms with Crippen LogP contribution in [-0.4, -0.2) is 123 Å². The zero-order valence-corrected chi connectivity index (χ0v) is 17.5. The van der Waals surface area contributed by atoms with Crippen LogP contribution in [0.3, 0.4) is 0 Å². The fourth-order valence-electron chi connectivity index (χ4n) is 3.82. The number of amides is 1. The summed E-state index contributed by atoms with van der Waals surface area (Å²) in [5.74, 6) is -0.106. The Hall–Kier alpha value is -0.930. The van der Waals surface area contributed by atoms with Gasteiger partial charge in [-0.1, -0.05) is 12.8 Å². The molecule has 0 spiro atoms. The molecular formula is C19H35NO11. The van der Waals surface area contributed by atoms with E-state index in [9.17, 15) is 40.5 Å². The molecule has 2 fully saturated rings. The summed E-state index contributed by atoms with van der Waals surface area (Å²) in [6, 6.07) is 0. The summed E-state index contributed by atoms with van der Waals surface area (Å²) in [4.78, 5) is 10.8. The standard InChI is InChI=1S/C19H35NO11/c1-9(23)20-6-4-2-3-5-10-13(24)16(27)18(12(8-22)29-10)31-19-17(28)15(26)14(25)11(7-21)30-19/h10-19,21-22,24-28H,2-8H2,1H3,(H,20,23)/t10-,11+,12+,13-,14-,15-,16+,17+,18+,19-/m0/s1. The molecule has 10 atom stereocenters. The van der Waals surface area contributed by atoms with Gasteiger partial charge in [-0.25, -0.2) is 0 Å². The van der Waals surface area contributed by atoms with Gasteiger partial charge in [0.15, 0.2) is 6.29 Å². The first kappa shape index (κ1) is 26.3. The predicted octanol–water partition coefficient (Wildman–Crippen LogP) is -3.65. The van der Waals surface area contributed by atoms with Crippen molar-refractivity contribution >= 4 is 5.91 Å². The van der Waals surface area contributed by atoms with Crippen LogP contribution in [0.2, 0.25) is 0 Å². The number of aliphatic hydroxyl groups excluding tert-OH is 7. The lowest BCUT2D eigenvalue weighted by molar-refractivity contribution is -0.342. The van der Waals surface area contributed by atoms with Crippen molar-refractivity contribution in [3.63, 3.8) is 0 Å². The Bertz CT molecular complexity index is 549. The summed E-state index contributed by atoms with van der Waals surface area (Å²) in [6.45, 7) is 0.779. The van der Waals surface area contributed by atoms with Gasteiger partial charge < -0.3 is 55.3 Å². The molecule has 2 rings (SSSR count). The van der Waals surface area contributed by atoms with E-state index in [1.54, 1.807) is 0 Å². The largest absolute Gasteiger partial charge is 0.394 e. The number of carbonyl (C=O) groups is 1. The lowest BCUT2D eigenvalue weighted by Crippen LogP contribution is -2.64. The van der Waals surface area contributed by atoms with Crippen molar-refractivity contribution in [2.45, 2.75) is 93.8 Å². The number of unbranched alkanes of at least 4 members (excludes halogenated alkanes) is 2. The molecular weight excluding hydrogens is 418 g/mol. The summed E-state index contributed by atoms with van der Waals surface area (Å²) in [5, 5.41) is 72.5. The Morgan fingerprint density at radius 1 is 0.806 bits per heavy atom. The molecule has 182 valence electrons. The molecule has 0 aliphatic carbocycles. The van der Waals surface area contributed by atoms with Crippen LogP contribution >= 0.6 is 0 Å². The smallest absolute Gasteiger partial charge is 0.216 e. The van der Waals surface area contributed by atoms with Crippen molar-refractivity contribution in [2.24, 2.45) is 0 Å². The zero-order chi connectivity index (χ0) is 23.1. The molecule has 0 aromatic rings. The van der Waals surface area contributed by atoms with Crippen molar-refractivity contribution in [3.8, 4) is 0 Å². The lowest BCUT2D eigenvalue weighted by atomic mass is 9.91. The zero-order valence-electron chi connectivity index (χ0n) is 17.5. The van der Waals surface area contributed by atoms with Gasteiger partial charge in [0.1, 0.15) is 48.8 Å². The van der Waals surface area contributed by atoms with E-state index >= 15 is 0 Å². The second kappa shape index (κ2) is 12.3. The summed E-state index contributed by atoms with van der Waals surface area (Å²) in [6.07, 6.45) is -11.0. The molecule has 31 heavy (non-hydrogen) atoms. The Balaban J connectivity index is 1.92. The van der Waals surface area contributed by atoms with E-state index in [2.05, 4.69) is 5.32 Å². The Morgan fingerprint density at radius 3 is 2.06 bits per heavy atom. The molecule has 0 saturated carbocycles. The van der Waals surface area contributed by atoms with E-state index in [0.717, 1.165) is 12.8 Å². The van der Waals surface area contributed by atoms with Crippen LogP contribution in [0.5, 0.6) is 0 Å². The van der Waals surface area contributed by atoms with Crippen LogP contribution in [0, 0.1) is 0 Å². The highest BCUT2D eigenvalue weighted by Crippen LogP contribution is 2.30. The van der Waals surface area contributed by atoms with Crippen molar-refractivity contribution in [1.29, 1.82) is 0 Å². The van der Waals surface area contributed by atoms with Crippen LogP contribution < -0.4 is 5.32 Å². The fourth-order valence-corrected chi connectivity index (χ4v) is 3.82. The van der Waals surface area contributed by atoms with E-state index in [1.165, 1.54) is 6.92 Å². The summed E-state index contributed by atoms with van der Waals surface area (Å²) in [5.41, 5.74) is 0. The topological polar surface area (TPSA) is 198 Å². The molecule has 2 heterocycles. The van der Waals surface area contributed by atoms with Gasteiger partial charge in [0, 0.05) is 13.5 Å². The van der Waals surface area contributed by atoms with Gasteiger partial charge >= 0.3 is 0 Å². The molecule has 0 aromatic heterocycles. The first-order chi connectivity index (χ1) is 14.7. The number of hydrogen-bond acceptors (Lipinski definition) is 11. The van der Waals surface area contributed by atoms with Crippen LogP contribution in [0.4, 0.5) is 0 Å². The van der Waals surface area contributed by atoms with Crippen LogP contribution in [0.25, 0.3) is 0 Å². The summed E-state index contributed by atoms with van der Waals surface area (Å²) in [7, 11) is 0. The predicted molar refractivity (Wildman–Crippen MR) is 104 cm³/mol. The third-order valence-corrected chi connectivity index (χ3v) is 5.64. The maximum Gasteiger partial charge on any atom is 0.216 e. The van der Waals surface area contributed by atoms with Gasteiger partial charge in [-0.2, -0.15) is 0 Å². The Kier molecular flexibility index (Phi) is 10.5. The van der Waals surface area contributed by atoms with E-state index < -0.39 is 74.4 Å². The van der Waals surface area contributed by atoms with Crippen molar-refractivity contribution in [2.75, 3.05) is 19.8 Å². The third kappa shape index (κ3) is 6.78.